The number of hydrogen-bond donors (Lipinski definition) is 1. The van der Waals surface area contributed by atoms with Gasteiger partial charge >= 0.3 is 6.36 Å². The van der Waals surface area contributed by atoms with Crippen LogP contribution in [0, 0.1) is 0 Å². The van der Waals surface area contributed by atoms with E-state index in [1.807, 2.05) is 18.4 Å². The highest BCUT2D eigenvalue weighted by Crippen LogP contribution is 2.28. The van der Waals surface area contributed by atoms with Crippen LogP contribution in [0.1, 0.15) is 18.5 Å². The van der Waals surface area contributed by atoms with E-state index in [2.05, 4.69) is 10.1 Å². The summed E-state index contributed by atoms with van der Waals surface area (Å²) in [6.07, 6.45) is -4.67. The zero-order chi connectivity index (χ0) is 14.8. The molecule has 0 aliphatic rings. The van der Waals surface area contributed by atoms with E-state index < -0.39 is 6.36 Å². The van der Waals surface area contributed by atoms with E-state index in [4.69, 9.17) is 11.6 Å². The Bertz CT molecular complexity index is 568. The fourth-order valence-corrected chi connectivity index (χ4v) is 2.62. The molecule has 1 aromatic carbocycles. The molecule has 1 heterocycles. The monoisotopic (exact) mass is 321 g/mol. The van der Waals surface area contributed by atoms with Crippen LogP contribution in [0.3, 0.4) is 0 Å². The Labute approximate surface area is 123 Å². The number of halogens is 4. The maximum absolute atomic E-state index is 12.0. The lowest BCUT2D eigenvalue weighted by molar-refractivity contribution is -0.274. The number of hydrogen-bond acceptors (Lipinski definition) is 3. The second-order valence-corrected chi connectivity index (χ2v) is 5.66. The largest absolute Gasteiger partial charge is 0.573 e. The Morgan fingerprint density at radius 2 is 1.90 bits per heavy atom. The van der Waals surface area contributed by atoms with Crippen molar-refractivity contribution in [2.24, 2.45) is 0 Å². The van der Waals surface area contributed by atoms with Gasteiger partial charge in [-0.2, -0.15) is 0 Å². The smallest absolute Gasteiger partial charge is 0.406 e. The minimum absolute atomic E-state index is 0.00753. The zero-order valence-electron chi connectivity index (χ0n) is 10.4. The molecule has 108 valence electrons. The van der Waals surface area contributed by atoms with Gasteiger partial charge in [-0.15, -0.1) is 24.5 Å². The third kappa shape index (κ3) is 4.31. The van der Waals surface area contributed by atoms with Crippen molar-refractivity contribution in [2.45, 2.75) is 19.3 Å². The Morgan fingerprint density at radius 3 is 2.40 bits per heavy atom. The molecule has 2 nitrogen and oxygen atoms in total. The first-order valence-electron chi connectivity index (χ1n) is 5.70. The number of thiophene rings is 1. The fraction of sp³-hybridized carbons (Fsp3) is 0.231. The highest BCUT2D eigenvalue weighted by atomic mass is 35.5. The Morgan fingerprint density at radius 1 is 1.25 bits per heavy atom. The summed E-state index contributed by atoms with van der Waals surface area (Å²) in [5.41, 5.74) is 1.73. The summed E-state index contributed by atoms with van der Waals surface area (Å²) in [4.78, 5) is 0. The van der Waals surface area contributed by atoms with Gasteiger partial charge in [0, 0.05) is 11.7 Å². The van der Waals surface area contributed by atoms with Gasteiger partial charge in [0.2, 0.25) is 0 Å². The van der Waals surface area contributed by atoms with Crippen LogP contribution >= 0.6 is 22.9 Å². The van der Waals surface area contributed by atoms with Gasteiger partial charge in [-0.1, -0.05) is 11.6 Å². The summed E-state index contributed by atoms with van der Waals surface area (Å²) < 4.78 is 40.6. The van der Waals surface area contributed by atoms with Crippen LogP contribution in [0.2, 0.25) is 4.34 Å². The van der Waals surface area contributed by atoms with E-state index in [0.717, 1.165) is 5.56 Å². The molecule has 0 fully saturated rings. The van der Waals surface area contributed by atoms with E-state index in [0.29, 0.717) is 10.0 Å². The number of rotatable bonds is 4. The molecule has 1 aromatic heterocycles. The first kappa shape index (κ1) is 15.0. The van der Waals surface area contributed by atoms with E-state index >= 15 is 0 Å². The fourth-order valence-electron chi connectivity index (χ4n) is 1.64. The molecule has 0 saturated carbocycles. The topological polar surface area (TPSA) is 21.3 Å². The molecule has 0 spiro atoms. The van der Waals surface area contributed by atoms with Gasteiger partial charge in [0.05, 0.1) is 4.34 Å². The molecular formula is C13H11ClF3NOS. The quantitative estimate of drug-likeness (QED) is 0.805. The van der Waals surface area contributed by atoms with Crippen molar-refractivity contribution in [1.29, 1.82) is 0 Å². The second-order valence-electron chi connectivity index (χ2n) is 4.12. The van der Waals surface area contributed by atoms with Crippen LogP contribution in [0.15, 0.2) is 35.7 Å². The summed E-state index contributed by atoms with van der Waals surface area (Å²) in [6.45, 7) is 1.94. The molecule has 1 N–H and O–H groups in total. The van der Waals surface area contributed by atoms with E-state index in [1.165, 1.54) is 35.6 Å². The van der Waals surface area contributed by atoms with Gasteiger partial charge in [0.15, 0.2) is 0 Å². The van der Waals surface area contributed by atoms with Crippen molar-refractivity contribution in [3.63, 3.8) is 0 Å². The van der Waals surface area contributed by atoms with Gasteiger partial charge in [-0.25, -0.2) is 0 Å². The molecular weight excluding hydrogens is 311 g/mol. The van der Waals surface area contributed by atoms with Gasteiger partial charge < -0.3 is 10.1 Å². The number of alkyl halides is 3. The van der Waals surface area contributed by atoms with Crippen LogP contribution in [0.5, 0.6) is 5.75 Å². The Kier molecular flexibility index (Phi) is 4.45. The van der Waals surface area contributed by atoms with Gasteiger partial charge in [0.1, 0.15) is 5.75 Å². The average molecular weight is 322 g/mol. The van der Waals surface area contributed by atoms with Crippen molar-refractivity contribution in [2.75, 3.05) is 5.32 Å². The van der Waals surface area contributed by atoms with Crippen molar-refractivity contribution in [3.05, 3.63) is 45.6 Å². The van der Waals surface area contributed by atoms with Gasteiger partial charge in [-0.3, -0.25) is 0 Å². The molecule has 2 rings (SSSR count). The summed E-state index contributed by atoms with van der Waals surface area (Å²) in [5, 5.41) is 5.10. The lowest BCUT2D eigenvalue weighted by Crippen LogP contribution is -2.17. The standard InChI is InChI=1S/C13H11ClF3NOS/c1-8(9-6-12(14)20-7-9)18-10-2-4-11(5-3-10)19-13(15,16)17/h2-8,18H,1H3. The molecule has 0 bridgehead atoms. The number of ether oxygens (including phenoxy) is 1. The van der Waals surface area contributed by atoms with Crippen LogP contribution < -0.4 is 10.1 Å². The summed E-state index contributed by atoms with van der Waals surface area (Å²) in [5.74, 6) is -0.241. The maximum atomic E-state index is 12.0. The SMILES string of the molecule is CC(Nc1ccc(OC(F)(F)F)cc1)c1csc(Cl)c1. The van der Waals surface area contributed by atoms with Crippen LogP contribution in [0.25, 0.3) is 0 Å². The van der Waals surface area contributed by atoms with E-state index in [9.17, 15) is 13.2 Å². The Balaban J connectivity index is 2.00. The minimum atomic E-state index is -4.67. The molecule has 2 aromatic rings. The summed E-state index contributed by atoms with van der Waals surface area (Å²) in [7, 11) is 0. The lowest BCUT2D eigenvalue weighted by Gasteiger charge is -2.15. The minimum Gasteiger partial charge on any atom is -0.406 e. The zero-order valence-corrected chi connectivity index (χ0v) is 11.9. The molecule has 1 unspecified atom stereocenters. The van der Waals surface area contributed by atoms with Crippen LogP contribution in [0.4, 0.5) is 18.9 Å². The number of anilines is 1. The van der Waals surface area contributed by atoms with Crippen molar-refractivity contribution in [3.8, 4) is 5.75 Å². The first-order valence-corrected chi connectivity index (χ1v) is 6.95. The molecule has 0 aliphatic heterocycles. The molecule has 7 heteroatoms. The van der Waals surface area contributed by atoms with Crippen molar-refractivity contribution >= 4 is 28.6 Å². The number of benzene rings is 1. The van der Waals surface area contributed by atoms with Gasteiger partial charge in [0.25, 0.3) is 0 Å². The maximum Gasteiger partial charge on any atom is 0.573 e. The molecule has 0 radical (unpaired) electrons. The van der Waals surface area contributed by atoms with Crippen LogP contribution in [-0.4, -0.2) is 6.36 Å². The predicted molar refractivity (Wildman–Crippen MR) is 74.5 cm³/mol. The molecule has 0 aliphatic carbocycles. The van der Waals surface area contributed by atoms with E-state index in [-0.39, 0.29) is 11.8 Å². The third-order valence-electron chi connectivity index (χ3n) is 2.56. The molecule has 0 saturated heterocycles. The van der Waals surface area contributed by atoms with Crippen LogP contribution in [-0.2, 0) is 0 Å². The lowest BCUT2D eigenvalue weighted by atomic mass is 10.1. The third-order valence-corrected chi connectivity index (χ3v) is 3.67. The normalized spacial score (nSPS) is 13.1. The summed E-state index contributed by atoms with van der Waals surface area (Å²) >= 11 is 7.29. The Hall–Kier alpha value is -1.40. The highest BCUT2D eigenvalue weighted by Gasteiger charge is 2.30. The molecule has 1 atom stereocenters. The van der Waals surface area contributed by atoms with Crippen molar-refractivity contribution in [1.82, 2.24) is 0 Å². The first-order chi connectivity index (χ1) is 9.33. The highest BCUT2D eigenvalue weighted by molar-refractivity contribution is 7.14. The molecule has 20 heavy (non-hydrogen) atoms. The summed E-state index contributed by atoms with van der Waals surface area (Å²) in [6, 6.07) is 7.46. The number of nitrogens with one attached hydrogen (secondary N) is 1. The van der Waals surface area contributed by atoms with E-state index in [1.54, 1.807) is 0 Å². The predicted octanol–water partition coefficient (Wildman–Crippen LogP) is 5.47. The average Bonchev–Trinajstić information content (AvgIpc) is 2.77. The van der Waals surface area contributed by atoms with Gasteiger partial charge in [-0.05, 0) is 48.2 Å². The second kappa shape index (κ2) is 5.93. The molecule has 0 amide bonds. The van der Waals surface area contributed by atoms with Crippen molar-refractivity contribution < 1.29 is 17.9 Å².